The van der Waals surface area contributed by atoms with E-state index in [-0.39, 0.29) is 19.3 Å². The molecule has 6 nitrogen and oxygen atoms in total. The first kappa shape index (κ1) is 17.6. The van der Waals surface area contributed by atoms with E-state index in [0.29, 0.717) is 17.9 Å². The Kier molecular flexibility index (Phi) is 6.81. The van der Waals surface area contributed by atoms with Crippen molar-refractivity contribution in [2.45, 2.75) is 77.2 Å². The molecule has 0 aliphatic carbocycles. The van der Waals surface area contributed by atoms with Gasteiger partial charge in [0, 0.05) is 12.8 Å². The molecule has 21 heavy (non-hydrogen) atoms. The zero-order valence-corrected chi connectivity index (χ0v) is 12.9. The highest BCUT2D eigenvalue weighted by molar-refractivity contribution is 6.01. The SMILES string of the molecule is CCCCCC[C@](O)(CC)CC(=O)ON1C(=O)CCC1=O. The Morgan fingerprint density at radius 3 is 2.33 bits per heavy atom. The molecule has 1 saturated heterocycles. The normalized spacial score (nSPS) is 18.0. The molecular weight excluding hydrogens is 274 g/mol. The van der Waals surface area contributed by atoms with E-state index in [9.17, 15) is 19.5 Å². The highest BCUT2D eigenvalue weighted by atomic mass is 16.7. The Morgan fingerprint density at radius 2 is 1.81 bits per heavy atom. The minimum Gasteiger partial charge on any atom is -0.389 e. The average molecular weight is 299 g/mol. The monoisotopic (exact) mass is 299 g/mol. The van der Waals surface area contributed by atoms with Gasteiger partial charge in [0.2, 0.25) is 0 Å². The molecule has 0 aromatic heterocycles. The van der Waals surface area contributed by atoms with Gasteiger partial charge in [-0.3, -0.25) is 9.59 Å². The summed E-state index contributed by atoms with van der Waals surface area (Å²) in [5, 5.41) is 10.9. The van der Waals surface area contributed by atoms with E-state index >= 15 is 0 Å². The summed E-state index contributed by atoms with van der Waals surface area (Å²) in [4.78, 5) is 39.4. The van der Waals surface area contributed by atoms with Gasteiger partial charge in [-0.15, -0.1) is 5.06 Å². The number of hydroxylamine groups is 2. The lowest BCUT2D eigenvalue weighted by molar-refractivity contribution is -0.200. The number of imide groups is 1. The molecule has 1 aliphatic rings. The van der Waals surface area contributed by atoms with Gasteiger partial charge in [0.25, 0.3) is 11.8 Å². The summed E-state index contributed by atoms with van der Waals surface area (Å²) < 4.78 is 0. The van der Waals surface area contributed by atoms with E-state index < -0.39 is 23.4 Å². The summed E-state index contributed by atoms with van der Waals surface area (Å²) in [6.07, 6.45) is 4.93. The van der Waals surface area contributed by atoms with Crippen molar-refractivity contribution in [2.75, 3.05) is 0 Å². The van der Waals surface area contributed by atoms with Crippen LogP contribution in [0.5, 0.6) is 0 Å². The van der Waals surface area contributed by atoms with Crippen LogP contribution < -0.4 is 0 Å². The highest BCUT2D eigenvalue weighted by Gasteiger charge is 2.35. The third-order valence-corrected chi connectivity index (χ3v) is 3.83. The van der Waals surface area contributed by atoms with Crippen molar-refractivity contribution in [1.29, 1.82) is 0 Å². The van der Waals surface area contributed by atoms with Crippen molar-refractivity contribution < 1.29 is 24.3 Å². The van der Waals surface area contributed by atoms with Gasteiger partial charge in [-0.1, -0.05) is 39.5 Å². The molecule has 1 N–H and O–H groups in total. The Morgan fingerprint density at radius 1 is 1.19 bits per heavy atom. The van der Waals surface area contributed by atoms with E-state index in [4.69, 9.17) is 4.84 Å². The quantitative estimate of drug-likeness (QED) is 0.520. The van der Waals surface area contributed by atoms with Gasteiger partial charge in [0.05, 0.1) is 12.0 Å². The minimum absolute atomic E-state index is 0.0706. The van der Waals surface area contributed by atoms with Crippen molar-refractivity contribution in [3.8, 4) is 0 Å². The molecule has 0 spiro atoms. The number of rotatable bonds is 9. The molecule has 0 aromatic rings. The Balaban J connectivity index is 2.45. The molecule has 0 saturated carbocycles. The number of carbonyl (C=O) groups is 3. The molecule has 0 unspecified atom stereocenters. The van der Waals surface area contributed by atoms with Gasteiger partial charge in [0.15, 0.2) is 0 Å². The lowest BCUT2D eigenvalue weighted by atomic mass is 9.90. The fraction of sp³-hybridized carbons (Fsp3) is 0.800. The summed E-state index contributed by atoms with van der Waals surface area (Å²) in [5.74, 6) is -1.74. The van der Waals surface area contributed by atoms with Crippen molar-refractivity contribution in [3.05, 3.63) is 0 Å². The zero-order valence-electron chi connectivity index (χ0n) is 12.9. The fourth-order valence-corrected chi connectivity index (χ4v) is 2.33. The van der Waals surface area contributed by atoms with Crippen LogP contribution in [0.3, 0.4) is 0 Å². The second-order valence-electron chi connectivity index (χ2n) is 5.61. The van der Waals surface area contributed by atoms with Crippen LogP contribution in [0.25, 0.3) is 0 Å². The topological polar surface area (TPSA) is 83.9 Å². The number of amides is 2. The second-order valence-corrected chi connectivity index (χ2v) is 5.61. The van der Waals surface area contributed by atoms with E-state index in [1.165, 1.54) is 0 Å². The largest absolute Gasteiger partial charge is 0.389 e. The highest BCUT2D eigenvalue weighted by Crippen LogP contribution is 2.24. The zero-order chi connectivity index (χ0) is 15.9. The molecule has 2 amide bonds. The van der Waals surface area contributed by atoms with Crippen molar-refractivity contribution in [1.82, 2.24) is 5.06 Å². The first-order chi connectivity index (χ1) is 9.91. The maximum Gasteiger partial charge on any atom is 0.336 e. The maximum atomic E-state index is 11.8. The molecule has 1 aliphatic heterocycles. The molecule has 1 heterocycles. The Bertz CT molecular complexity index is 380. The van der Waals surface area contributed by atoms with Crippen LogP contribution in [0.15, 0.2) is 0 Å². The third kappa shape index (κ3) is 5.46. The van der Waals surface area contributed by atoms with Crippen LogP contribution in [0, 0.1) is 0 Å². The number of carbonyl (C=O) groups excluding carboxylic acids is 3. The van der Waals surface area contributed by atoms with Gasteiger partial charge in [-0.25, -0.2) is 4.79 Å². The van der Waals surface area contributed by atoms with Gasteiger partial charge in [-0.2, -0.15) is 0 Å². The van der Waals surface area contributed by atoms with Crippen LogP contribution in [-0.2, 0) is 19.2 Å². The summed E-state index contributed by atoms with van der Waals surface area (Å²) in [6.45, 7) is 3.91. The predicted octanol–water partition coefficient (Wildman–Crippen LogP) is 2.10. The van der Waals surface area contributed by atoms with Gasteiger partial charge < -0.3 is 9.94 Å². The standard InChI is InChI=1S/C15H25NO5/c1-3-5-6-7-10-15(20,4-2)11-14(19)21-16-12(17)8-9-13(16)18/h20H,3-11H2,1-2H3/t15-/m1/s1. The van der Waals surface area contributed by atoms with E-state index in [0.717, 1.165) is 25.7 Å². The van der Waals surface area contributed by atoms with Gasteiger partial charge in [0.1, 0.15) is 0 Å². The van der Waals surface area contributed by atoms with Gasteiger partial charge in [-0.05, 0) is 12.8 Å². The van der Waals surface area contributed by atoms with Crippen molar-refractivity contribution in [2.24, 2.45) is 0 Å². The number of unbranched alkanes of at least 4 members (excludes halogenated alkanes) is 3. The van der Waals surface area contributed by atoms with Crippen molar-refractivity contribution >= 4 is 17.8 Å². The number of hydrogen-bond donors (Lipinski definition) is 1. The molecule has 0 radical (unpaired) electrons. The summed E-state index contributed by atoms with van der Waals surface area (Å²) in [6, 6.07) is 0. The van der Waals surface area contributed by atoms with Crippen LogP contribution in [-0.4, -0.2) is 33.6 Å². The first-order valence-electron chi connectivity index (χ1n) is 7.71. The molecule has 1 fully saturated rings. The lowest BCUT2D eigenvalue weighted by Gasteiger charge is -2.26. The Labute approximate surface area is 125 Å². The molecule has 0 aromatic carbocycles. The van der Waals surface area contributed by atoms with E-state index in [1.807, 2.05) is 0 Å². The van der Waals surface area contributed by atoms with Crippen LogP contribution in [0.4, 0.5) is 0 Å². The van der Waals surface area contributed by atoms with Crippen LogP contribution in [0.2, 0.25) is 0 Å². The molecular formula is C15H25NO5. The van der Waals surface area contributed by atoms with Crippen molar-refractivity contribution in [3.63, 3.8) is 0 Å². The number of hydrogen-bond acceptors (Lipinski definition) is 5. The first-order valence-corrected chi connectivity index (χ1v) is 7.71. The lowest BCUT2D eigenvalue weighted by Crippen LogP contribution is -2.37. The van der Waals surface area contributed by atoms with E-state index in [2.05, 4.69) is 6.92 Å². The number of aliphatic hydroxyl groups is 1. The minimum atomic E-state index is -1.13. The summed E-state index contributed by atoms with van der Waals surface area (Å²) in [5.41, 5.74) is -1.13. The molecule has 120 valence electrons. The maximum absolute atomic E-state index is 11.8. The molecule has 1 atom stereocenters. The molecule has 1 rings (SSSR count). The third-order valence-electron chi connectivity index (χ3n) is 3.83. The summed E-state index contributed by atoms with van der Waals surface area (Å²) in [7, 11) is 0. The van der Waals surface area contributed by atoms with Crippen LogP contribution in [0.1, 0.15) is 71.6 Å². The molecule has 0 bridgehead atoms. The smallest absolute Gasteiger partial charge is 0.336 e. The summed E-state index contributed by atoms with van der Waals surface area (Å²) >= 11 is 0. The number of nitrogens with zero attached hydrogens (tertiary/aromatic N) is 1. The fourth-order valence-electron chi connectivity index (χ4n) is 2.33. The molecule has 6 heteroatoms. The second kappa shape index (κ2) is 8.12. The Hall–Kier alpha value is -1.43. The average Bonchev–Trinajstić information content (AvgIpc) is 2.75. The van der Waals surface area contributed by atoms with Crippen LogP contribution >= 0.6 is 0 Å². The van der Waals surface area contributed by atoms with E-state index in [1.54, 1.807) is 6.92 Å². The predicted molar refractivity (Wildman–Crippen MR) is 75.8 cm³/mol. The van der Waals surface area contributed by atoms with Gasteiger partial charge >= 0.3 is 5.97 Å².